The van der Waals surface area contributed by atoms with E-state index in [9.17, 15) is 14.7 Å². The first-order valence-electron chi connectivity index (χ1n) is 7.45. The van der Waals surface area contributed by atoms with E-state index >= 15 is 0 Å². The predicted octanol–water partition coefficient (Wildman–Crippen LogP) is 1.77. The number of rotatable bonds is 7. The second-order valence-electron chi connectivity index (χ2n) is 6.11. The van der Waals surface area contributed by atoms with Crippen LogP contribution in [-0.2, 0) is 16.0 Å². The van der Waals surface area contributed by atoms with Gasteiger partial charge in [-0.2, -0.15) is 5.10 Å². The van der Waals surface area contributed by atoms with Crippen LogP contribution in [0.2, 0.25) is 0 Å². The molecule has 116 valence electrons. The molecule has 1 aliphatic rings. The Balaban J connectivity index is 2.13. The molecule has 21 heavy (non-hydrogen) atoms. The first-order valence-corrected chi connectivity index (χ1v) is 7.45. The molecule has 0 aromatic carbocycles. The van der Waals surface area contributed by atoms with Crippen molar-refractivity contribution in [3.05, 3.63) is 18.0 Å². The van der Waals surface area contributed by atoms with Crippen molar-refractivity contribution in [2.24, 2.45) is 5.41 Å². The van der Waals surface area contributed by atoms with Crippen LogP contribution in [0.25, 0.3) is 0 Å². The standard InChI is InChI=1S/C15H23N3O3/c1-4-10(2)18-8-7-12(17-18)9-15(3,14(20)21)13(19)16-11-5-6-11/h7-8,10-11H,4-6,9H2,1-3H3,(H,16,19)(H,20,21). The number of aromatic nitrogens is 2. The monoisotopic (exact) mass is 293 g/mol. The Kier molecular flexibility index (Phi) is 4.34. The minimum Gasteiger partial charge on any atom is -0.480 e. The average Bonchev–Trinajstić information content (AvgIpc) is 3.13. The van der Waals surface area contributed by atoms with Crippen LogP contribution in [0.3, 0.4) is 0 Å². The highest BCUT2D eigenvalue weighted by atomic mass is 16.4. The van der Waals surface area contributed by atoms with E-state index in [4.69, 9.17) is 0 Å². The highest BCUT2D eigenvalue weighted by Crippen LogP contribution is 2.26. The van der Waals surface area contributed by atoms with E-state index in [0.29, 0.717) is 5.69 Å². The molecule has 2 N–H and O–H groups in total. The van der Waals surface area contributed by atoms with E-state index in [1.54, 1.807) is 6.07 Å². The number of hydrogen-bond acceptors (Lipinski definition) is 3. The second kappa shape index (κ2) is 5.87. The van der Waals surface area contributed by atoms with Crippen molar-refractivity contribution < 1.29 is 14.7 Å². The molecule has 1 heterocycles. The number of carboxylic acid groups (broad SMARTS) is 1. The topological polar surface area (TPSA) is 84.2 Å². The van der Waals surface area contributed by atoms with E-state index in [-0.39, 0.29) is 18.5 Å². The van der Waals surface area contributed by atoms with Crippen LogP contribution in [0.5, 0.6) is 0 Å². The summed E-state index contributed by atoms with van der Waals surface area (Å²) in [7, 11) is 0. The fourth-order valence-electron chi connectivity index (χ4n) is 2.09. The Hall–Kier alpha value is -1.85. The quantitative estimate of drug-likeness (QED) is 0.750. The third-order valence-corrected chi connectivity index (χ3v) is 4.13. The zero-order valence-electron chi connectivity index (χ0n) is 12.8. The molecule has 0 radical (unpaired) electrons. The molecule has 0 saturated heterocycles. The van der Waals surface area contributed by atoms with Gasteiger partial charge in [-0.05, 0) is 39.2 Å². The molecule has 2 atom stereocenters. The van der Waals surface area contributed by atoms with Crippen molar-refractivity contribution in [1.82, 2.24) is 15.1 Å². The zero-order valence-corrected chi connectivity index (χ0v) is 12.8. The molecule has 1 fully saturated rings. The molecule has 1 aliphatic carbocycles. The average molecular weight is 293 g/mol. The molecule has 0 spiro atoms. The molecule has 6 heteroatoms. The van der Waals surface area contributed by atoms with Crippen molar-refractivity contribution in [2.45, 2.75) is 58.5 Å². The summed E-state index contributed by atoms with van der Waals surface area (Å²) in [4.78, 5) is 23.8. The molecule has 0 bridgehead atoms. The minimum absolute atomic E-state index is 0.102. The molecule has 2 unspecified atom stereocenters. The number of carbonyl (C=O) groups excluding carboxylic acids is 1. The summed E-state index contributed by atoms with van der Waals surface area (Å²) in [6.45, 7) is 5.58. The highest BCUT2D eigenvalue weighted by Gasteiger charge is 2.43. The Bertz CT molecular complexity index is 536. The van der Waals surface area contributed by atoms with Crippen LogP contribution in [0, 0.1) is 5.41 Å². The number of amides is 1. The third kappa shape index (κ3) is 3.43. The first kappa shape index (κ1) is 15.5. The normalized spacial score (nSPS) is 18.8. The van der Waals surface area contributed by atoms with Crippen LogP contribution in [0.1, 0.15) is 51.8 Å². The largest absolute Gasteiger partial charge is 0.480 e. The summed E-state index contributed by atoms with van der Waals surface area (Å²) in [6.07, 6.45) is 4.75. The Morgan fingerprint density at radius 3 is 2.76 bits per heavy atom. The van der Waals surface area contributed by atoms with E-state index in [1.807, 2.05) is 17.8 Å². The van der Waals surface area contributed by atoms with Crippen LogP contribution in [-0.4, -0.2) is 32.8 Å². The minimum atomic E-state index is -1.47. The number of nitrogens with one attached hydrogen (secondary N) is 1. The van der Waals surface area contributed by atoms with E-state index < -0.39 is 17.3 Å². The second-order valence-corrected chi connectivity index (χ2v) is 6.11. The summed E-state index contributed by atoms with van der Waals surface area (Å²) in [6, 6.07) is 2.20. The number of aliphatic carboxylic acids is 1. The summed E-state index contributed by atoms with van der Waals surface area (Å²) in [5.41, 5.74) is -0.844. The maximum absolute atomic E-state index is 12.2. The van der Waals surface area contributed by atoms with Gasteiger partial charge in [0.1, 0.15) is 5.41 Å². The third-order valence-electron chi connectivity index (χ3n) is 4.13. The summed E-state index contributed by atoms with van der Waals surface area (Å²) in [5, 5.41) is 16.6. The molecule has 1 saturated carbocycles. The van der Waals surface area contributed by atoms with Gasteiger partial charge in [0.05, 0.1) is 5.69 Å². The van der Waals surface area contributed by atoms with Gasteiger partial charge in [0, 0.05) is 24.7 Å². The van der Waals surface area contributed by atoms with Gasteiger partial charge in [-0.3, -0.25) is 14.3 Å². The lowest BCUT2D eigenvalue weighted by atomic mass is 9.84. The van der Waals surface area contributed by atoms with Crippen molar-refractivity contribution >= 4 is 11.9 Å². The fourth-order valence-corrected chi connectivity index (χ4v) is 2.09. The first-order chi connectivity index (χ1) is 9.86. The molecule has 1 aromatic heterocycles. The predicted molar refractivity (Wildman–Crippen MR) is 77.8 cm³/mol. The molecule has 1 amide bonds. The van der Waals surface area contributed by atoms with Crippen molar-refractivity contribution in [1.29, 1.82) is 0 Å². The van der Waals surface area contributed by atoms with Crippen molar-refractivity contribution in [3.8, 4) is 0 Å². The van der Waals surface area contributed by atoms with Gasteiger partial charge in [0.25, 0.3) is 0 Å². The number of carbonyl (C=O) groups is 2. The Morgan fingerprint density at radius 2 is 2.24 bits per heavy atom. The molecular formula is C15H23N3O3. The van der Waals surface area contributed by atoms with Crippen molar-refractivity contribution in [2.75, 3.05) is 0 Å². The van der Waals surface area contributed by atoms with Gasteiger partial charge in [-0.1, -0.05) is 6.92 Å². The molecular weight excluding hydrogens is 270 g/mol. The Morgan fingerprint density at radius 1 is 1.57 bits per heavy atom. The van der Waals surface area contributed by atoms with Gasteiger partial charge in [-0.25, -0.2) is 0 Å². The summed E-state index contributed by atoms with van der Waals surface area (Å²) < 4.78 is 1.82. The van der Waals surface area contributed by atoms with Crippen LogP contribution >= 0.6 is 0 Å². The molecule has 2 rings (SSSR count). The van der Waals surface area contributed by atoms with Crippen LogP contribution in [0.15, 0.2) is 12.3 Å². The number of nitrogens with zero attached hydrogens (tertiary/aromatic N) is 2. The van der Waals surface area contributed by atoms with Gasteiger partial charge in [0.15, 0.2) is 0 Å². The van der Waals surface area contributed by atoms with E-state index in [1.165, 1.54) is 6.92 Å². The van der Waals surface area contributed by atoms with Gasteiger partial charge in [0.2, 0.25) is 5.91 Å². The maximum Gasteiger partial charge on any atom is 0.319 e. The van der Waals surface area contributed by atoms with Crippen LogP contribution < -0.4 is 5.32 Å². The molecule has 6 nitrogen and oxygen atoms in total. The number of hydrogen-bond donors (Lipinski definition) is 2. The Labute approximate surface area is 124 Å². The van der Waals surface area contributed by atoms with E-state index in [2.05, 4.69) is 17.3 Å². The lowest BCUT2D eigenvalue weighted by Gasteiger charge is -2.22. The summed E-state index contributed by atoms with van der Waals surface area (Å²) >= 11 is 0. The van der Waals surface area contributed by atoms with Crippen molar-refractivity contribution in [3.63, 3.8) is 0 Å². The molecule has 0 aliphatic heterocycles. The number of carboxylic acids is 1. The smallest absolute Gasteiger partial charge is 0.319 e. The van der Waals surface area contributed by atoms with Gasteiger partial charge >= 0.3 is 5.97 Å². The van der Waals surface area contributed by atoms with Crippen LogP contribution in [0.4, 0.5) is 0 Å². The summed E-state index contributed by atoms with van der Waals surface area (Å²) in [5.74, 6) is -1.53. The SMILES string of the molecule is CCC(C)n1ccc(CC(C)(C(=O)O)C(=O)NC2CC2)n1. The zero-order chi connectivity index (χ0) is 15.6. The maximum atomic E-state index is 12.2. The van der Waals surface area contributed by atoms with Gasteiger partial charge in [-0.15, -0.1) is 0 Å². The lowest BCUT2D eigenvalue weighted by Crippen LogP contribution is -2.46. The fraction of sp³-hybridized carbons (Fsp3) is 0.667. The molecule has 1 aromatic rings. The lowest BCUT2D eigenvalue weighted by molar-refractivity contribution is -0.154. The highest BCUT2D eigenvalue weighted by molar-refractivity contribution is 6.01. The van der Waals surface area contributed by atoms with Gasteiger partial charge < -0.3 is 10.4 Å². The van der Waals surface area contributed by atoms with E-state index in [0.717, 1.165) is 19.3 Å².